The summed E-state index contributed by atoms with van der Waals surface area (Å²) in [5.74, 6) is 0.603. The van der Waals surface area contributed by atoms with Gasteiger partial charge in [0.15, 0.2) is 0 Å². The van der Waals surface area contributed by atoms with Crippen LogP contribution in [0.5, 0.6) is 5.75 Å². The molecule has 2 aromatic carbocycles. The van der Waals surface area contributed by atoms with E-state index in [1.807, 2.05) is 13.0 Å². The molecule has 0 bridgehead atoms. The molecule has 0 fully saturated rings. The van der Waals surface area contributed by atoms with Crippen LogP contribution < -0.4 is 15.0 Å². The van der Waals surface area contributed by atoms with Gasteiger partial charge >= 0.3 is 0 Å². The Morgan fingerprint density at radius 3 is 2.73 bits per heavy atom. The molecule has 0 aromatic heterocycles. The maximum Gasteiger partial charge on any atom is 0.266 e. The summed E-state index contributed by atoms with van der Waals surface area (Å²) < 4.78 is 5.19. The van der Waals surface area contributed by atoms with Crippen LogP contribution in [0.15, 0.2) is 42.0 Å². The molecular formula is C25H29N3O2. The number of anilines is 2. The fourth-order valence-electron chi connectivity index (χ4n) is 4.09. The first kappa shape index (κ1) is 21.4. The Balaban J connectivity index is 1.93. The summed E-state index contributed by atoms with van der Waals surface area (Å²) in [6.07, 6.45) is 2.72. The zero-order chi connectivity index (χ0) is 22.1. The number of nitrogens with zero attached hydrogens (tertiary/aromatic N) is 2. The smallest absolute Gasteiger partial charge is 0.266 e. The molecule has 1 aliphatic rings. The van der Waals surface area contributed by atoms with E-state index in [2.05, 4.69) is 50.2 Å². The summed E-state index contributed by atoms with van der Waals surface area (Å²) in [6, 6.07) is 13.4. The molecule has 5 nitrogen and oxygen atoms in total. The molecule has 1 atom stereocenters. The molecule has 0 saturated heterocycles. The van der Waals surface area contributed by atoms with Crippen molar-refractivity contribution in [2.24, 2.45) is 0 Å². The molecule has 1 heterocycles. The van der Waals surface area contributed by atoms with E-state index >= 15 is 0 Å². The molecule has 0 radical (unpaired) electrons. The Morgan fingerprint density at radius 1 is 1.33 bits per heavy atom. The molecule has 3 rings (SSSR count). The summed E-state index contributed by atoms with van der Waals surface area (Å²) in [5.41, 5.74) is 5.13. The molecule has 1 unspecified atom stereocenters. The molecule has 30 heavy (non-hydrogen) atoms. The van der Waals surface area contributed by atoms with E-state index in [1.54, 1.807) is 37.5 Å². The van der Waals surface area contributed by atoms with Crippen molar-refractivity contribution in [1.29, 1.82) is 5.26 Å². The number of hydrogen-bond acceptors (Lipinski definition) is 4. The first-order valence-corrected chi connectivity index (χ1v) is 10.1. The van der Waals surface area contributed by atoms with E-state index in [0.29, 0.717) is 17.4 Å². The highest BCUT2D eigenvalue weighted by Crippen LogP contribution is 2.43. The minimum atomic E-state index is -0.436. The van der Waals surface area contributed by atoms with Gasteiger partial charge in [-0.3, -0.25) is 4.79 Å². The van der Waals surface area contributed by atoms with Crippen molar-refractivity contribution in [2.75, 3.05) is 24.4 Å². The quantitative estimate of drug-likeness (QED) is 0.558. The third kappa shape index (κ3) is 4.18. The highest BCUT2D eigenvalue weighted by atomic mass is 16.5. The summed E-state index contributed by atoms with van der Waals surface area (Å²) in [7, 11) is 3.70. The Bertz CT molecular complexity index is 1050. The normalized spacial score (nSPS) is 17.7. The van der Waals surface area contributed by atoms with Crippen LogP contribution in [0.25, 0.3) is 6.08 Å². The number of hydrogen-bond donors (Lipinski definition) is 1. The lowest BCUT2D eigenvalue weighted by atomic mass is 9.79. The number of carbonyl (C=O) groups excluding carboxylic acids is 1. The lowest BCUT2D eigenvalue weighted by molar-refractivity contribution is -0.112. The van der Waals surface area contributed by atoms with Crippen LogP contribution in [0.4, 0.5) is 11.4 Å². The molecule has 0 saturated carbocycles. The standard InChI is InChI=1S/C25H29N3O2/c1-16-10-23-22(17(2)14-25(3,4)28(23)5)12-18(16)11-19(15-26)24(29)27-20-8-7-9-21(13-20)30-6/h7-13,17H,14H2,1-6H3,(H,27,29)/b19-11+. The molecule has 0 spiro atoms. The number of methoxy groups -OCH3 is 1. The predicted molar refractivity (Wildman–Crippen MR) is 122 cm³/mol. The number of nitrogens with one attached hydrogen (secondary N) is 1. The van der Waals surface area contributed by atoms with Gasteiger partial charge in [-0.1, -0.05) is 13.0 Å². The van der Waals surface area contributed by atoms with Crippen molar-refractivity contribution < 1.29 is 9.53 Å². The van der Waals surface area contributed by atoms with Gasteiger partial charge in [0.25, 0.3) is 5.91 Å². The molecule has 0 aliphatic carbocycles. The first-order chi connectivity index (χ1) is 14.2. The van der Waals surface area contributed by atoms with Crippen LogP contribution in [0, 0.1) is 18.3 Å². The van der Waals surface area contributed by atoms with Crippen LogP contribution in [0.1, 0.15) is 49.8 Å². The van der Waals surface area contributed by atoms with Gasteiger partial charge in [-0.25, -0.2) is 0 Å². The van der Waals surface area contributed by atoms with Gasteiger partial charge in [0, 0.05) is 30.0 Å². The zero-order valence-corrected chi connectivity index (χ0v) is 18.5. The van der Waals surface area contributed by atoms with Gasteiger partial charge in [-0.15, -0.1) is 0 Å². The molecule has 1 N–H and O–H groups in total. The Kier molecular flexibility index (Phi) is 5.89. The maximum atomic E-state index is 12.7. The summed E-state index contributed by atoms with van der Waals surface area (Å²) >= 11 is 0. The van der Waals surface area contributed by atoms with E-state index in [4.69, 9.17) is 4.74 Å². The number of ether oxygens (including phenoxy) is 1. The fourth-order valence-corrected chi connectivity index (χ4v) is 4.09. The van der Waals surface area contributed by atoms with Crippen molar-refractivity contribution in [2.45, 2.75) is 45.6 Å². The molecule has 5 heteroatoms. The van der Waals surface area contributed by atoms with Gasteiger partial charge in [-0.2, -0.15) is 5.26 Å². The lowest BCUT2D eigenvalue weighted by Gasteiger charge is -2.45. The number of amides is 1. The third-order valence-corrected chi connectivity index (χ3v) is 6.01. The topological polar surface area (TPSA) is 65.4 Å². The third-order valence-electron chi connectivity index (χ3n) is 6.01. The summed E-state index contributed by atoms with van der Waals surface area (Å²) in [4.78, 5) is 15.0. The second-order valence-electron chi connectivity index (χ2n) is 8.60. The zero-order valence-electron chi connectivity index (χ0n) is 18.5. The second-order valence-corrected chi connectivity index (χ2v) is 8.60. The van der Waals surface area contributed by atoms with E-state index in [-0.39, 0.29) is 11.1 Å². The predicted octanol–water partition coefficient (Wildman–Crippen LogP) is 5.27. The van der Waals surface area contributed by atoms with E-state index in [1.165, 1.54) is 11.3 Å². The highest BCUT2D eigenvalue weighted by molar-refractivity contribution is 6.09. The molecule has 2 aromatic rings. The number of fused-ring (bicyclic) bond motifs is 1. The van der Waals surface area contributed by atoms with Gasteiger partial charge in [0.2, 0.25) is 0 Å². The van der Waals surface area contributed by atoms with Crippen LogP contribution in [-0.2, 0) is 4.79 Å². The fraction of sp³-hybridized carbons (Fsp3) is 0.360. The van der Waals surface area contributed by atoms with Crippen molar-refractivity contribution in [3.8, 4) is 11.8 Å². The molecular weight excluding hydrogens is 374 g/mol. The van der Waals surface area contributed by atoms with Crippen LogP contribution in [0.2, 0.25) is 0 Å². The minimum absolute atomic E-state index is 0.0676. The molecule has 156 valence electrons. The summed E-state index contributed by atoms with van der Waals surface area (Å²) in [6.45, 7) is 8.76. The van der Waals surface area contributed by atoms with Crippen LogP contribution in [0.3, 0.4) is 0 Å². The van der Waals surface area contributed by atoms with Gasteiger partial charge in [0.1, 0.15) is 17.4 Å². The van der Waals surface area contributed by atoms with E-state index in [9.17, 15) is 10.1 Å². The maximum absolute atomic E-state index is 12.7. The molecule has 1 aliphatic heterocycles. The number of carbonyl (C=O) groups is 1. The molecule has 1 amide bonds. The number of aryl methyl sites for hydroxylation is 1. The lowest BCUT2D eigenvalue weighted by Crippen LogP contribution is -2.45. The van der Waals surface area contributed by atoms with E-state index < -0.39 is 5.91 Å². The Morgan fingerprint density at radius 2 is 2.07 bits per heavy atom. The van der Waals surface area contributed by atoms with Crippen LogP contribution in [-0.4, -0.2) is 25.6 Å². The SMILES string of the molecule is COc1cccc(NC(=O)/C(C#N)=C/c2cc3c(cc2C)N(C)C(C)(C)CC3C)c1. The highest BCUT2D eigenvalue weighted by Gasteiger charge is 2.34. The van der Waals surface area contributed by atoms with Crippen molar-refractivity contribution in [3.63, 3.8) is 0 Å². The van der Waals surface area contributed by atoms with Crippen molar-refractivity contribution in [1.82, 2.24) is 0 Å². The first-order valence-electron chi connectivity index (χ1n) is 10.1. The van der Waals surface area contributed by atoms with Gasteiger partial charge in [0.05, 0.1) is 7.11 Å². The number of nitriles is 1. The number of benzene rings is 2. The number of rotatable bonds is 4. The van der Waals surface area contributed by atoms with Gasteiger partial charge < -0.3 is 15.0 Å². The Labute approximate surface area is 179 Å². The average molecular weight is 404 g/mol. The van der Waals surface area contributed by atoms with Crippen LogP contribution >= 0.6 is 0 Å². The summed E-state index contributed by atoms with van der Waals surface area (Å²) in [5, 5.41) is 12.4. The second kappa shape index (κ2) is 8.23. The van der Waals surface area contributed by atoms with Crippen molar-refractivity contribution >= 4 is 23.4 Å². The van der Waals surface area contributed by atoms with Gasteiger partial charge in [-0.05, 0) is 80.1 Å². The van der Waals surface area contributed by atoms with E-state index in [0.717, 1.165) is 17.5 Å². The minimum Gasteiger partial charge on any atom is -0.497 e. The van der Waals surface area contributed by atoms with Crippen molar-refractivity contribution in [3.05, 3.63) is 58.7 Å². The average Bonchev–Trinajstić information content (AvgIpc) is 2.70. The largest absolute Gasteiger partial charge is 0.497 e. The monoisotopic (exact) mass is 403 g/mol. The Hall–Kier alpha value is -3.26.